The molecule has 0 bridgehead atoms. The second kappa shape index (κ2) is 8.58. The van der Waals surface area contributed by atoms with Crippen LogP contribution in [0.25, 0.3) is 5.65 Å². The van der Waals surface area contributed by atoms with Gasteiger partial charge in [0, 0.05) is 6.20 Å². The number of aromatic nitrogens is 4. The summed E-state index contributed by atoms with van der Waals surface area (Å²) in [7, 11) is 0. The fraction of sp³-hybridized carbons (Fsp3) is 0.273. The molecule has 9 nitrogen and oxygen atoms in total. The molecule has 1 aromatic carbocycles. The van der Waals surface area contributed by atoms with Crippen LogP contribution in [-0.2, 0) is 12.1 Å². The zero-order valence-corrected chi connectivity index (χ0v) is 18.1. The Bertz CT molecular complexity index is 1320. The van der Waals surface area contributed by atoms with Crippen LogP contribution in [0.5, 0.6) is 5.75 Å². The minimum atomic E-state index is -1.33. The number of amides is 1. The highest BCUT2D eigenvalue weighted by molar-refractivity contribution is 5.95. The number of pyridine rings is 1. The number of nitrogens with zero attached hydrogens (tertiary/aromatic N) is 4. The summed E-state index contributed by atoms with van der Waals surface area (Å²) in [5, 5.41) is 16.3. The van der Waals surface area contributed by atoms with E-state index in [0.717, 1.165) is 12.1 Å². The summed E-state index contributed by atoms with van der Waals surface area (Å²) in [4.78, 5) is 21.7. The van der Waals surface area contributed by atoms with Gasteiger partial charge in [-0.05, 0) is 45.0 Å². The topological polar surface area (TPSA) is 115 Å². The number of aryl methyl sites for hydroxylation is 2. The first-order chi connectivity index (χ1) is 15.7. The van der Waals surface area contributed by atoms with Crippen LogP contribution in [0, 0.1) is 25.5 Å². The molecule has 1 atom stereocenters. The lowest BCUT2D eigenvalue weighted by molar-refractivity contribution is 0.0793. The van der Waals surface area contributed by atoms with Gasteiger partial charge in [-0.2, -0.15) is 4.98 Å². The molecule has 33 heavy (non-hydrogen) atoms. The standard InChI is InChI=1S/C22H21F2N5O4/c1-12-18(20(31)27-22(3,11-30)21-26-13(2)28-33-21)29-9-5-8-17(19(29)25-12)32-10-14-15(23)6-4-7-16(14)24/h4-9,30H,10-11H2,1-3H3,(H,27,31). The highest BCUT2D eigenvalue weighted by atomic mass is 19.1. The molecule has 4 rings (SSSR count). The largest absolute Gasteiger partial charge is 0.485 e. The number of fused-ring (bicyclic) bond motifs is 1. The second-order valence-corrected chi connectivity index (χ2v) is 7.69. The van der Waals surface area contributed by atoms with Crippen LogP contribution < -0.4 is 10.1 Å². The molecule has 0 saturated carbocycles. The first kappa shape index (κ1) is 22.3. The van der Waals surface area contributed by atoms with E-state index in [1.165, 1.54) is 10.5 Å². The van der Waals surface area contributed by atoms with E-state index in [-0.39, 0.29) is 35.2 Å². The van der Waals surface area contributed by atoms with Crippen LogP contribution >= 0.6 is 0 Å². The Morgan fingerprint density at radius 3 is 2.58 bits per heavy atom. The molecule has 3 aromatic heterocycles. The van der Waals surface area contributed by atoms with Gasteiger partial charge >= 0.3 is 0 Å². The quantitative estimate of drug-likeness (QED) is 0.439. The van der Waals surface area contributed by atoms with Crippen molar-refractivity contribution in [2.45, 2.75) is 32.9 Å². The van der Waals surface area contributed by atoms with Gasteiger partial charge in [0.1, 0.15) is 29.5 Å². The number of rotatable bonds is 7. The van der Waals surface area contributed by atoms with Gasteiger partial charge in [0.05, 0.1) is 17.9 Å². The van der Waals surface area contributed by atoms with Crippen molar-refractivity contribution in [3.05, 3.63) is 76.8 Å². The number of benzene rings is 1. The van der Waals surface area contributed by atoms with Gasteiger partial charge in [-0.3, -0.25) is 9.20 Å². The molecule has 3 heterocycles. The number of aliphatic hydroxyl groups excluding tert-OH is 1. The monoisotopic (exact) mass is 457 g/mol. The molecule has 1 amide bonds. The lowest BCUT2D eigenvalue weighted by Crippen LogP contribution is -2.47. The molecule has 172 valence electrons. The smallest absolute Gasteiger partial charge is 0.271 e. The third-order valence-corrected chi connectivity index (χ3v) is 5.14. The van der Waals surface area contributed by atoms with Gasteiger partial charge in [-0.25, -0.2) is 13.8 Å². The van der Waals surface area contributed by atoms with Gasteiger partial charge in [0.2, 0.25) is 0 Å². The summed E-state index contributed by atoms with van der Waals surface area (Å²) in [6.07, 6.45) is 1.61. The van der Waals surface area contributed by atoms with Crippen molar-refractivity contribution in [3.63, 3.8) is 0 Å². The highest BCUT2D eigenvalue weighted by Crippen LogP contribution is 2.25. The molecule has 0 aliphatic rings. The fourth-order valence-electron chi connectivity index (χ4n) is 3.35. The van der Waals surface area contributed by atoms with E-state index in [1.807, 2.05) is 0 Å². The van der Waals surface area contributed by atoms with Crippen LogP contribution in [0.2, 0.25) is 0 Å². The first-order valence-corrected chi connectivity index (χ1v) is 10.0. The lowest BCUT2D eigenvalue weighted by atomic mass is 10.0. The van der Waals surface area contributed by atoms with Crippen molar-refractivity contribution in [3.8, 4) is 5.75 Å². The number of imidazole rings is 1. The summed E-state index contributed by atoms with van der Waals surface area (Å²) in [5.74, 6) is -1.34. The van der Waals surface area contributed by atoms with Gasteiger partial charge in [0.15, 0.2) is 17.2 Å². The van der Waals surface area contributed by atoms with Crippen molar-refractivity contribution in [1.82, 2.24) is 24.8 Å². The number of aliphatic hydroxyl groups is 1. The van der Waals surface area contributed by atoms with Crippen LogP contribution in [-0.4, -0.2) is 37.1 Å². The molecule has 0 radical (unpaired) electrons. The third kappa shape index (κ3) is 4.14. The van der Waals surface area contributed by atoms with Gasteiger partial charge in [-0.1, -0.05) is 11.2 Å². The lowest BCUT2D eigenvalue weighted by Gasteiger charge is -2.24. The van der Waals surface area contributed by atoms with Crippen LogP contribution in [0.1, 0.15) is 40.4 Å². The maximum Gasteiger partial charge on any atom is 0.271 e. The molecule has 0 aliphatic heterocycles. The van der Waals surface area contributed by atoms with Crippen LogP contribution in [0.15, 0.2) is 41.1 Å². The Labute approximate surface area is 187 Å². The van der Waals surface area contributed by atoms with E-state index >= 15 is 0 Å². The molecule has 0 spiro atoms. The molecule has 1 unspecified atom stereocenters. The number of ether oxygens (including phenoxy) is 1. The minimum absolute atomic E-state index is 0.0539. The zero-order valence-electron chi connectivity index (χ0n) is 18.1. The number of hydrogen-bond donors (Lipinski definition) is 2. The molecular weight excluding hydrogens is 436 g/mol. The Morgan fingerprint density at radius 2 is 1.94 bits per heavy atom. The normalized spacial score (nSPS) is 13.2. The van der Waals surface area contributed by atoms with Crippen LogP contribution in [0.4, 0.5) is 8.78 Å². The van der Waals surface area contributed by atoms with Gasteiger partial charge < -0.3 is 19.7 Å². The minimum Gasteiger partial charge on any atom is -0.485 e. The first-order valence-electron chi connectivity index (χ1n) is 10.0. The van der Waals surface area contributed by atoms with Crippen molar-refractivity contribution in [2.75, 3.05) is 6.61 Å². The Hall–Kier alpha value is -3.86. The number of hydrogen-bond acceptors (Lipinski definition) is 7. The zero-order chi connectivity index (χ0) is 23.8. The predicted octanol–water partition coefficient (Wildman–Crippen LogP) is 2.83. The van der Waals surface area contributed by atoms with Gasteiger partial charge in [0.25, 0.3) is 11.8 Å². The van der Waals surface area contributed by atoms with Crippen LogP contribution in [0.3, 0.4) is 0 Å². The Morgan fingerprint density at radius 1 is 1.21 bits per heavy atom. The van der Waals surface area contributed by atoms with Crippen molar-refractivity contribution in [1.29, 1.82) is 0 Å². The average molecular weight is 457 g/mol. The SMILES string of the molecule is Cc1noc(C(C)(CO)NC(=O)c2c(C)nc3c(OCc4c(F)cccc4F)cccn23)n1. The Balaban J connectivity index is 1.64. The van der Waals surface area contributed by atoms with Gasteiger partial charge in [-0.15, -0.1) is 0 Å². The van der Waals surface area contributed by atoms with E-state index in [9.17, 15) is 18.7 Å². The van der Waals surface area contributed by atoms with E-state index in [0.29, 0.717) is 11.5 Å². The molecule has 4 aromatic rings. The summed E-state index contributed by atoms with van der Waals surface area (Å²) in [5.41, 5.74) is -0.692. The van der Waals surface area contributed by atoms with Crippen molar-refractivity contribution < 1.29 is 27.9 Å². The molecule has 11 heteroatoms. The summed E-state index contributed by atoms with van der Waals surface area (Å²) < 4.78 is 40.1. The summed E-state index contributed by atoms with van der Waals surface area (Å²) in [6, 6.07) is 6.76. The number of carbonyl (C=O) groups excluding carboxylic acids is 1. The predicted molar refractivity (Wildman–Crippen MR) is 112 cm³/mol. The van der Waals surface area contributed by atoms with E-state index in [4.69, 9.17) is 9.26 Å². The number of nitrogens with one attached hydrogen (secondary N) is 1. The van der Waals surface area contributed by atoms with Crippen molar-refractivity contribution >= 4 is 11.6 Å². The molecule has 2 N–H and O–H groups in total. The third-order valence-electron chi connectivity index (χ3n) is 5.14. The number of halogens is 2. The average Bonchev–Trinajstić information content (AvgIpc) is 3.36. The fourth-order valence-corrected chi connectivity index (χ4v) is 3.35. The molecule has 0 aliphatic carbocycles. The second-order valence-electron chi connectivity index (χ2n) is 7.69. The van der Waals surface area contributed by atoms with E-state index in [2.05, 4.69) is 20.4 Å². The molecule has 0 fully saturated rings. The van der Waals surface area contributed by atoms with E-state index in [1.54, 1.807) is 39.1 Å². The highest BCUT2D eigenvalue weighted by Gasteiger charge is 2.35. The number of carbonyl (C=O) groups is 1. The maximum absolute atomic E-state index is 13.9. The molecular formula is C22H21F2N5O4. The van der Waals surface area contributed by atoms with Crippen molar-refractivity contribution in [2.24, 2.45) is 0 Å². The maximum atomic E-state index is 13.9. The van der Waals surface area contributed by atoms with E-state index < -0.39 is 29.7 Å². The summed E-state index contributed by atoms with van der Waals surface area (Å²) in [6.45, 7) is 3.96. The molecule has 0 saturated heterocycles. The Kier molecular flexibility index (Phi) is 5.81. The summed E-state index contributed by atoms with van der Waals surface area (Å²) >= 11 is 0.